The predicted molar refractivity (Wildman–Crippen MR) is 35.1 cm³/mol. The molecule has 1 atom stereocenters. The molecule has 0 aliphatic carbocycles. The second-order valence-corrected chi connectivity index (χ2v) is 2.59. The van der Waals surface area contributed by atoms with Crippen LogP contribution in [0.15, 0.2) is 0 Å². The Bertz CT molecular complexity index is 140. The maximum Gasteiger partial charge on any atom is 0.231 e. The number of amides is 1. The Morgan fingerprint density at radius 2 is 2.50 bits per heavy atom. The summed E-state index contributed by atoms with van der Waals surface area (Å²) in [6.07, 6.45) is -0.229. The van der Waals surface area contributed by atoms with Gasteiger partial charge >= 0.3 is 0 Å². The van der Waals surface area contributed by atoms with Crippen molar-refractivity contribution in [2.24, 2.45) is 5.73 Å². The van der Waals surface area contributed by atoms with Crippen LogP contribution in [0.5, 0.6) is 0 Å². The summed E-state index contributed by atoms with van der Waals surface area (Å²) in [5, 5.41) is 0. The summed E-state index contributed by atoms with van der Waals surface area (Å²) in [5.41, 5.74) is 4.91. The number of hydrogen-bond acceptors (Lipinski definition) is 2. The van der Waals surface area contributed by atoms with Gasteiger partial charge in [0.25, 0.3) is 0 Å². The van der Waals surface area contributed by atoms with Gasteiger partial charge in [-0.25, -0.2) is 4.39 Å². The van der Waals surface area contributed by atoms with Crippen molar-refractivity contribution in [1.82, 2.24) is 4.90 Å². The first-order valence-electron chi connectivity index (χ1n) is 3.33. The van der Waals surface area contributed by atoms with Crippen molar-refractivity contribution in [2.45, 2.75) is 12.6 Å². The lowest BCUT2D eigenvalue weighted by molar-refractivity contribution is -0.118. The van der Waals surface area contributed by atoms with E-state index in [0.29, 0.717) is 19.5 Å². The zero-order valence-corrected chi connectivity index (χ0v) is 5.72. The molecule has 1 aliphatic heterocycles. The van der Waals surface area contributed by atoms with Crippen LogP contribution in [0.2, 0.25) is 0 Å². The summed E-state index contributed by atoms with van der Waals surface area (Å²) in [6.45, 7) is 1.22. The van der Waals surface area contributed by atoms with E-state index < -0.39 is 6.17 Å². The maximum atomic E-state index is 12.4. The first-order valence-corrected chi connectivity index (χ1v) is 3.33. The van der Waals surface area contributed by atoms with Gasteiger partial charge in [0.05, 0.1) is 6.54 Å². The van der Waals surface area contributed by atoms with Crippen LogP contribution < -0.4 is 5.73 Å². The summed E-state index contributed by atoms with van der Waals surface area (Å²) in [6, 6.07) is 0. The Labute approximate surface area is 59.0 Å². The van der Waals surface area contributed by atoms with Gasteiger partial charge in [0.1, 0.15) is 6.17 Å². The summed E-state index contributed by atoms with van der Waals surface area (Å²) >= 11 is 0. The highest BCUT2D eigenvalue weighted by Crippen LogP contribution is 2.10. The van der Waals surface area contributed by atoms with Crippen LogP contribution in [0.1, 0.15) is 6.42 Å². The molecule has 10 heavy (non-hydrogen) atoms. The van der Waals surface area contributed by atoms with Gasteiger partial charge in [-0.3, -0.25) is 9.69 Å². The van der Waals surface area contributed by atoms with Crippen molar-refractivity contribution in [3.8, 4) is 0 Å². The van der Waals surface area contributed by atoms with Gasteiger partial charge < -0.3 is 5.73 Å². The van der Waals surface area contributed by atoms with E-state index in [1.54, 1.807) is 4.90 Å². The van der Waals surface area contributed by atoms with Crippen molar-refractivity contribution in [1.29, 1.82) is 0 Å². The third-order valence-electron chi connectivity index (χ3n) is 1.59. The molecule has 0 radical (unpaired) electrons. The van der Waals surface area contributed by atoms with Gasteiger partial charge in [-0.15, -0.1) is 0 Å². The van der Waals surface area contributed by atoms with Crippen molar-refractivity contribution in [3.05, 3.63) is 0 Å². The number of hydrogen-bond donors (Lipinski definition) is 1. The molecule has 1 aliphatic rings. The smallest absolute Gasteiger partial charge is 0.231 e. The monoisotopic (exact) mass is 146 g/mol. The fourth-order valence-corrected chi connectivity index (χ4v) is 1.15. The number of nitrogens with zero attached hydrogens (tertiary/aromatic N) is 1. The molecule has 3 nitrogen and oxygen atoms in total. The number of carbonyl (C=O) groups is 1. The Morgan fingerprint density at radius 1 is 1.80 bits per heavy atom. The van der Waals surface area contributed by atoms with Crippen molar-refractivity contribution >= 4 is 5.91 Å². The third-order valence-corrected chi connectivity index (χ3v) is 1.59. The van der Waals surface area contributed by atoms with Crippen LogP contribution in [0.25, 0.3) is 0 Å². The Balaban J connectivity index is 2.24. The molecule has 0 aromatic carbocycles. The quantitative estimate of drug-likeness (QED) is 0.571. The molecular formula is C6H11FN2O. The molecule has 1 fully saturated rings. The average molecular weight is 146 g/mol. The van der Waals surface area contributed by atoms with E-state index in [0.717, 1.165) is 0 Å². The number of carbonyl (C=O) groups excluding carboxylic acids is 1. The largest absolute Gasteiger partial charge is 0.369 e. The third kappa shape index (κ3) is 1.95. The number of rotatable bonds is 2. The summed E-state index contributed by atoms with van der Waals surface area (Å²) in [4.78, 5) is 12.0. The van der Waals surface area contributed by atoms with Crippen molar-refractivity contribution < 1.29 is 9.18 Å². The standard InChI is InChI=1S/C6H11FN2O/c7-5-1-2-9(3-5)4-6(8)10/h5H,1-4H2,(H2,8,10)/t5-/m0/s1. The zero-order valence-electron chi connectivity index (χ0n) is 5.72. The summed E-state index contributed by atoms with van der Waals surface area (Å²) in [5.74, 6) is -0.380. The highest BCUT2D eigenvalue weighted by atomic mass is 19.1. The second-order valence-electron chi connectivity index (χ2n) is 2.59. The number of halogens is 1. The van der Waals surface area contributed by atoms with Gasteiger partial charge in [0, 0.05) is 13.1 Å². The first-order chi connectivity index (χ1) is 4.68. The van der Waals surface area contributed by atoms with E-state index in [2.05, 4.69) is 0 Å². The molecule has 1 heterocycles. The molecular weight excluding hydrogens is 135 g/mol. The molecule has 58 valence electrons. The topological polar surface area (TPSA) is 46.3 Å². The highest BCUT2D eigenvalue weighted by Gasteiger charge is 2.22. The SMILES string of the molecule is NC(=O)CN1CC[C@H](F)C1. The normalized spacial score (nSPS) is 27.1. The molecule has 2 N–H and O–H groups in total. The van der Waals surface area contributed by atoms with Gasteiger partial charge in [0.2, 0.25) is 5.91 Å². The lowest BCUT2D eigenvalue weighted by atomic mass is 10.3. The molecule has 0 aromatic rings. The minimum absolute atomic E-state index is 0.195. The molecule has 0 spiro atoms. The van der Waals surface area contributed by atoms with Gasteiger partial charge in [-0.1, -0.05) is 0 Å². The number of likely N-dealkylation sites (tertiary alicyclic amines) is 1. The minimum atomic E-state index is -0.764. The molecule has 0 bridgehead atoms. The van der Waals surface area contributed by atoms with Gasteiger partial charge in [0.15, 0.2) is 0 Å². The van der Waals surface area contributed by atoms with E-state index in [-0.39, 0.29) is 12.5 Å². The molecule has 0 saturated carbocycles. The van der Waals surface area contributed by atoms with E-state index in [9.17, 15) is 9.18 Å². The minimum Gasteiger partial charge on any atom is -0.369 e. The predicted octanol–water partition coefficient (Wildman–Crippen LogP) is -0.484. The highest BCUT2D eigenvalue weighted by molar-refractivity contribution is 5.75. The first kappa shape index (κ1) is 7.47. The van der Waals surface area contributed by atoms with E-state index >= 15 is 0 Å². The van der Waals surface area contributed by atoms with Crippen LogP contribution in [0, 0.1) is 0 Å². The number of alkyl halides is 1. The fourth-order valence-electron chi connectivity index (χ4n) is 1.15. The van der Waals surface area contributed by atoms with Crippen molar-refractivity contribution in [3.63, 3.8) is 0 Å². The molecule has 0 aromatic heterocycles. The zero-order chi connectivity index (χ0) is 7.56. The maximum absolute atomic E-state index is 12.4. The van der Waals surface area contributed by atoms with Crippen molar-refractivity contribution in [2.75, 3.05) is 19.6 Å². The lowest BCUT2D eigenvalue weighted by Crippen LogP contribution is -2.32. The number of primary amides is 1. The fraction of sp³-hybridized carbons (Fsp3) is 0.833. The van der Waals surface area contributed by atoms with Crippen LogP contribution in [0.3, 0.4) is 0 Å². The van der Waals surface area contributed by atoms with Crippen LogP contribution in [0.4, 0.5) is 4.39 Å². The van der Waals surface area contributed by atoms with Crippen LogP contribution in [-0.4, -0.2) is 36.6 Å². The Morgan fingerprint density at radius 3 is 2.90 bits per heavy atom. The molecule has 0 unspecified atom stereocenters. The Kier molecular flexibility index (Phi) is 2.21. The van der Waals surface area contributed by atoms with E-state index in [1.807, 2.05) is 0 Å². The lowest BCUT2D eigenvalue weighted by Gasteiger charge is -2.10. The average Bonchev–Trinajstić information content (AvgIpc) is 2.13. The van der Waals surface area contributed by atoms with Gasteiger partial charge in [-0.05, 0) is 6.42 Å². The van der Waals surface area contributed by atoms with E-state index in [4.69, 9.17) is 5.73 Å². The van der Waals surface area contributed by atoms with Crippen LogP contribution >= 0.6 is 0 Å². The molecule has 1 saturated heterocycles. The summed E-state index contributed by atoms with van der Waals surface area (Å²) < 4.78 is 12.4. The Hall–Kier alpha value is -0.640. The summed E-state index contributed by atoms with van der Waals surface area (Å²) in [7, 11) is 0. The second kappa shape index (κ2) is 2.96. The molecule has 1 amide bonds. The van der Waals surface area contributed by atoms with Crippen LogP contribution in [-0.2, 0) is 4.79 Å². The molecule has 4 heteroatoms. The van der Waals surface area contributed by atoms with Gasteiger partial charge in [-0.2, -0.15) is 0 Å². The van der Waals surface area contributed by atoms with E-state index in [1.165, 1.54) is 0 Å². The number of nitrogens with two attached hydrogens (primary N) is 1. The molecule has 1 rings (SSSR count).